The van der Waals surface area contributed by atoms with Gasteiger partial charge in [0.1, 0.15) is 53.6 Å². The van der Waals surface area contributed by atoms with Gasteiger partial charge in [-0.1, -0.05) is 29.4 Å². The predicted molar refractivity (Wildman–Crippen MR) is 240 cm³/mol. The fourth-order valence-electron chi connectivity index (χ4n) is 11.8. The molecule has 2 aromatic rings. The number of allylic oxidation sites excluding steroid dienone is 4. The number of benzene rings is 1. The maximum atomic E-state index is 15.6. The first-order valence-electron chi connectivity index (χ1n) is 23.1. The minimum Gasteiger partial charge on any atom is -0.482 e. The maximum Gasteiger partial charge on any atom is 0.333 e. The number of nitrogens with one attached hydrogen (secondary N) is 1. The summed E-state index contributed by atoms with van der Waals surface area (Å²) in [6.45, 7) is 19.5. The normalized spacial score (nSPS) is 35.8. The van der Waals surface area contributed by atoms with Gasteiger partial charge in [-0.05, 0) is 107 Å². The number of hydrogen-bond acceptors (Lipinski definition) is 15. The number of carbonyl (C=O) groups is 2. The van der Waals surface area contributed by atoms with E-state index in [1.165, 1.54) is 12.7 Å². The van der Waals surface area contributed by atoms with Crippen LogP contribution in [0.3, 0.4) is 0 Å². The summed E-state index contributed by atoms with van der Waals surface area (Å²) in [5.41, 5.74) is 0.948. The van der Waals surface area contributed by atoms with Gasteiger partial charge in [0.2, 0.25) is 12.2 Å². The molecule has 16 heteroatoms. The van der Waals surface area contributed by atoms with E-state index in [-0.39, 0.29) is 30.5 Å². The molecule has 3 saturated heterocycles. The van der Waals surface area contributed by atoms with Crippen molar-refractivity contribution in [3.63, 3.8) is 0 Å². The van der Waals surface area contributed by atoms with Crippen molar-refractivity contribution in [2.45, 2.75) is 166 Å². The molecule has 0 radical (unpaired) electrons. The largest absolute Gasteiger partial charge is 0.482 e. The van der Waals surface area contributed by atoms with Crippen LogP contribution in [0.5, 0.6) is 17.2 Å². The first kappa shape index (κ1) is 45.0. The van der Waals surface area contributed by atoms with Crippen LogP contribution in [-0.4, -0.2) is 109 Å². The number of methoxy groups -OCH3 is 1. The molecule has 6 bridgehead atoms. The fraction of sp³-hybridized carbons (Fsp3) is 0.600. The standard InChI is InChI=1S/C50H62N4O12/c1-24(2)13-12-18-48(10)19-17-28-38(64-48)27(15-14-25(3)4)40-32(39(28)62-44-37(56)36(55)41-30(61-44)22-60-47(8,9)63-41)34-33-35(54-23-51-45(52-34)53-54)29-21-31-46(6,7)66-49(42(29)57,50(31,33)65-40)20-16-26(5)43(58)59-11/h13-14,16-17,19,23,29-31,35-37,41,44,55-56H,12,15,18,20-22H2,1-11H3,(H,52,53)/b26-16-/t29?,30-,31?,35?,36-,37-,41-,44+,48?,49?,50?/m0/s1. The van der Waals surface area contributed by atoms with Gasteiger partial charge >= 0.3 is 5.97 Å². The van der Waals surface area contributed by atoms with E-state index >= 15 is 4.79 Å². The van der Waals surface area contributed by atoms with Crippen molar-refractivity contribution in [1.82, 2.24) is 14.8 Å². The molecule has 6 unspecified atom stereocenters. The number of aromatic nitrogens is 3. The Labute approximate surface area is 385 Å². The Morgan fingerprint density at radius 2 is 1.77 bits per heavy atom. The van der Waals surface area contributed by atoms with Crippen molar-refractivity contribution in [2.24, 2.45) is 11.8 Å². The molecule has 11 rings (SSSR count). The van der Waals surface area contributed by atoms with E-state index in [0.717, 1.165) is 17.6 Å². The Bertz CT molecular complexity index is 2560. The molecule has 11 atom stereocenters. The SMILES string of the molecule is COC(=O)/C(C)=C\CC12OC(C)(C)C3CC(C1=O)C1C4=C(Nc5ncn1n5)c1c(O[C@H]5O[C@H]6COC(C)(C)O[C@@H]6[C@@H](O)[C@@H]5O)c5c(c(CC=C(C)C)c1OC432)OC(C)(CCC=C(C)C)C=C5. The molecule has 354 valence electrons. The zero-order valence-corrected chi connectivity index (χ0v) is 39.6. The number of aliphatic hydroxyl groups is 2. The molecule has 16 nitrogen and oxygen atoms in total. The molecule has 1 aromatic heterocycles. The second-order valence-corrected chi connectivity index (χ2v) is 20.9. The summed E-state index contributed by atoms with van der Waals surface area (Å²) >= 11 is 0. The van der Waals surface area contributed by atoms with Crippen LogP contribution in [0.1, 0.15) is 118 Å². The second kappa shape index (κ2) is 15.3. The number of rotatable bonds is 10. The summed E-state index contributed by atoms with van der Waals surface area (Å²) in [4.78, 5) is 33.2. The Hall–Kier alpha value is -4.84. The zero-order chi connectivity index (χ0) is 47.0. The summed E-state index contributed by atoms with van der Waals surface area (Å²) in [5.74, 6) is -1.21. The van der Waals surface area contributed by atoms with Gasteiger partial charge in [0.25, 0.3) is 0 Å². The van der Waals surface area contributed by atoms with Gasteiger partial charge in [-0.25, -0.2) is 14.5 Å². The minimum absolute atomic E-state index is 0.0204. The van der Waals surface area contributed by atoms with E-state index in [4.69, 9.17) is 43.0 Å². The molecule has 0 amide bonds. The zero-order valence-electron chi connectivity index (χ0n) is 39.6. The van der Waals surface area contributed by atoms with Crippen molar-refractivity contribution in [2.75, 3.05) is 19.0 Å². The van der Waals surface area contributed by atoms with Crippen LogP contribution in [-0.2, 0) is 39.7 Å². The average Bonchev–Trinajstić information content (AvgIpc) is 3.70. The first-order chi connectivity index (χ1) is 31.1. The van der Waals surface area contributed by atoms with E-state index < -0.39 is 76.8 Å². The van der Waals surface area contributed by atoms with Gasteiger partial charge in [0, 0.05) is 35.0 Å². The lowest BCUT2D eigenvalue weighted by molar-refractivity contribution is -0.373. The molecule has 3 saturated carbocycles. The van der Waals surface area contributed by atoms with E-state index in [1.54, 1.807) is 37.9 Å². The van der Waals surface area contributed by atoms with Gasteiger partial charge in [0.05, 0.1) is 42.2 Å². The molecule has 1 aromatic carbocycles. The van der Waals surface area contributed by atoms with Crippen LogP contribution in [0.25, 0.3) is 11.8 Å². The molecule has 1 spiro atoms. The molecule has 9 aliphatic rings. The van der Waals surface area contributed by atoms with Gasteiger partial charge in [-0.2, -0.15) is 0 Å². The van der Waals surface area contributed by atoms with E-state index in [1.807, 2.05) is 46.8 Å². The Morgan fingerprint density at radius 1 is 1.02 bits per heavy atom. The third kappa shape index (κ3) is 6.60. The van der Waals surface area contributed by atoms with Crippen LogP contribution in [0.4, 0.5) is 5.95 Å². The number of nitrogens with zero attached hydrogens (tertiary/aromatic N) is 3. The predicted octanol–water partition coefficient (Wildman–Crippen LogP) is 6.46. The number of esters is 1. The van der Waals surface area contributed by atoms with Gasteiger partial charge in [-0.15, -0.1) is 5.10 Å². The number of carbonyl (C=O) groups excluding carboxylic acids is 2. The highest BCUT2D eigenvalue weighted by molar-refractivity contribution is 6.02. The van der Waals surface area contributed by atoms with E-state index in [0.29, 0.717) is 64.7 Å². The highest BCUT2D eigenvalue weighted by atomic mass is 16.8. The summed E-state index contributed by atoms with van der Waals surface area (Å²) in [7, 11) is 1.33. The van der Waals surface area contributed by atoms with Crippen LogP contribution < -0.4 is 19.5 Å². The van der Waals surface area contributed by atoms with Gasteiger partial charge in [0.15, 0.2) is 22.8 Å². The van der Waals surface area contributed by atoms with E-state index in [2.05, 4.69) is 36.3 Å². The van der Waals surface area contributed by atoms with Crippen molar-refractivity contribution in [3.8, 4) is 17.2 Å². The van der Waals surface area contributed by atoms with Gasteiger partial charge < -0.3 is 53.4 Å². The summed E-state index contributed by atoms with van der Waals surface area (Å²) in [6, 6.07) is -0.640. The van der Waals surface area contributed by atoms with Crippen molar-refractivity contribution in [1.29, 1.82) is 0 Å². The fourth-order valence-corrected chi connectivity index (χ4v) is 11.8. The first-order valence-corrected chi connectivity index (χ1v) is 23.1. The molecule has 3 N–H and O–H groups in total. The Morgan fingerprint density at radius 3 is 2.50 bits per heavy atom. The third-order valence-electron chi connectivity index (χ3n) is 14.9. The summed E-state index contributed by atoms with van der Waals surface area (Å²) < 4.78 is 54.7. The number of fused-ring (bicyclic) bond motifs is 6. The second-order valence-electron chi connectivity index (χ2n) is 20.9. The minimum atomic E-state index is -1.61. The monoisotopic (exact) mass is 910 g/mol. The molecular formula is C50H62N4O12. The molecule has 66 heavy (non-hydrogen) atoms. The van der Waals surface area contributed by atoms with Crippen LogP contribution in [0, 0.1) is 11.8 Å². The number of Topliss-reactive ketones (excluding diaryl/α,β-unsaturated/α-hetero) is 1. The molecule has 7 heterocycles. The topological polar surface area (TPSA) is 191 Å². The van der Waals surface area contributed by atoms with Crippen LogP contribution in [0.15, 0.2) is 52.9 Å². The van der Waals surface area contributed by atoms with Crippen LogP contribution in [0.2, 0.25) is 0 Å². The quantitative estimate of drug-likeness (QED) is 0.134. The highest BCUT2D eigenvalue weighted by Crippen LogP contribution is 2.73. The average molecular weight is 911 g/mol. The molecule has 6 fully saturated rings. The highest BCUT2D eigenvalue weighted by Gasteiger charge is 2.84. The molecular weight excluding hydrogens is 849 g/mol. The Balaban J connectivity index is 1.25. The summed E-state index contributed by atoms with van der Waals surface area (Å²) in [5, 5.41) is 32.0. The van der Waals surface area contributed by atoms with Crippen molar-refractivity contribution in [3.05, 3.63) is 69.6 Å². The third-order valence-corrected chi connectivity index (χ3v) is 14.9. The smallest absolute Gasteiger partial charge is 0.333 e. The number of hydrogen-bond donors (Lipinski definition) is 3. The number of aliphatic hydroxyl groups excluding tert-OH is 2. The molecule has 6 aliphatic heterocycles. The molecule has 3 aliphatic carbocycles. The van der Waals surface area contributed by atoms with Crippen molar-refractivity contribution >= 4 is 29.5 Å². The van der Waals surface area contributed by atoms with Crippen LogP contribution >= 0.6 is 0 Å². The number of anilines is 1. The lowest BCUT2D eigenvalue weighted by Gasteiger charge is -2.61. The summed E-state index contributed by atoms with van der Waals surface area (Å²) in [6.07, 6.45) is 7.90. The van der Waals surface area contributed by atoms with E-state index in [9.17, 15) is 15.0 Å². The van der Waals surface area contributed by atoms with Gasteiger partial charge in [-0.3, -0.25) is 4.79 Å². The Kier molecular flexibility index (Phi) is 10.5. The van der Waals surface area contributed by atoms with Crippen molar-refractivity contribution < 1.29 is 57.7 Å². The number of ketones is 1. The maximum absolute atomic E-state index is 15.6. The lowest BCUT2D eigenvalue weighted by Crippen LogP contribution is -2.74. The lowest BCUT2D eigenvalue weighted by atomic mass is 9.47. The number of ether oxygens (including phenoxy) is 8.